The summed E-state index contributed by atoms with van der Waals surface area (Å²) in [6.07, 6.45) is -3.64. The van der Waals surface area contributed by atoms with E-state index in [0.717, 1.165) is 0 Å². The van der Waals surface area contributed by atoms with Gasteiger partial charge < -0.3 is 9.73 Å². The standard InChI is InChI=1S/C15H12F3N3O3/c1-9(20-21-13(22)12-6-3-7-24-12)10-4-2-5-11(8-10)19-14(23)15(16,17)18/h2-8H,1H3,(H,19,23)(H,21,22)/b20-9+. The summed E-state index contributed by atoms with van der Waals surface area (Å²) in [5, 5.41) is 5.58. The first-order valence-electron chi connectivity index (χ1n) is 6.64. The first-order chi connectivity index (χ1) is 11.3. The molecular formula is C15H12F3N3O3. The van der Waals surface area contributed by atoms with Crippen LogP contribution in [-0.4, -0.2) is 23.7 Å². The van der Waals surface area contributed by atoms with E-state index in [0.29, 0.717) is 11.3 Å². The lowest BCUT2D eigenvalue weighted by atomic mass is 10.1. The zero-order chi connectivity index (χ0) is 17.7. The van der Waals surface area contributed by atoms with Crippen LogP contribution in [0.1, 0.15) is 23.0 Å². The van der Waals surface area contributed by atoms with Gasteiger partial charge in [-0.1, -0.05) is 12.1 Å². The van der Waals surface area contributed by atoms with Crippen molar-refractivity contribution in [2.24, 2.45) is 5.10 Å². The SMILES string of the molecule is C/C(=N\NC(=O)c1ccco1)c1cccc(NC(=O)C(F)(F)F)c1. The number of rotatable bonds is 4. The highest BCUT2D eigenvalue weighted by Crippen LogP contribution is 2.19. The van der Waals surface area contributed by atoms with Crippen molar-refractivity contribution in [3.8, 4) is 0 Å². The van der Waals surface area contributed by atoms with E-state index in [9.17, 15) is 22.8 Å². The van der Waals surface area contributed by atoms with Crippen molar-refractivity contribution in [2.75, 3.05) is 5.32 Å². The van der Waals surface area contributed by atoms with Crippen molar-refractivity contribution in [1.82, 2.24) is 5.43 Å². The van der Waals surface area contributed by atoms with Crippen LogP contribution in [0.2, 0.25) is 0 Å². The monoisotopic (exact) mass is 339 g/mol. The third-order valence-electron chi connectivity index (χ3n) is 2.87. The van der Waals surface area contributed by atoms with Crippen molar-refractivity contribution in [1.29, 1.82) is 0 Å². The molecule has 0 fully saturated rings. The fraction of sp³-hybridized carbons (Fsp3) is 0.133. The van der Waals surface area contributed by atoms with Crippen LogP contribution in [0.15, 0.2) is 52.2 Å². The number of hydrogen-bond donors (Lipinski definition) is 2. The van der Waals surface area contributed by atoms with Crippen LogP contribution in [0.4, 0.5) is 18.9 Å². The molecule has 2 rings (SSSR count). The van der Waals surface area contributed by atoms with Gasteiger partial charge in [0.05, 0.1) is 12.0 Å². The van der Waals surface area contributed by atoms with Gasteiger partial charge in [0.1, 0.15) is 0 Å². The molecule has 0 atom stereocenters. The Bertz CT molecular complexity index is 768. The molecule has 6 nitrogen and oxygen atoms in total. The summed E-state index contributed by atoms with van der Waals surface area (Å²) < 4.78 is 41.6. The summed E-state index contributed by atoms with van der Waals surface area (Å²) in [4.78, 5) is 22.6. The number of nitrogens with one attached hydrogen (secondary N) is 2. The minimum atomic E-state index is -4.98. The van der Waals surface area contributed by atoms with Gasteiger partial charge in [-0.25, -0.2) is 5.43 Å². The average Bonchev–Trinajstić information content (AvgIpc) is 3.06. The van der Waals surface area contributed by atoms with Gasteiger partial charge in [-0.05, 0) is 36.8 Å². The molecule has 0 spiro atoms. The summed E-state index contributed by atoms with van der Waals surface area (Å²) in [5.41, 5.74) is 2.97. The molecule has 2 aromatic rings. The average molecular weight is 339 g/mol. The molecule has 0 aliphatic heterocycles. The second-order valence-electron chi connectivity index (χ2n) is 4.65. The molecule has 0 saturated carbocycles. The van der Waals surface area contributed by atoms with E-state index in [1.165, 1.54) is 36.6 Å². The van der Waals surface area contributed by atoms with E-state index >= 15 is 0 Å². The van der Waals surface area contributed by atoms with Crippen molar-refractivity contribution < 1.29 is 27.2 Å². The first kappa shape index (κ1) is 17.3. The van der Waals surface area contributed by atoms with Crippen molar-refractivity contribution >= 4 is 23.2 Å². The van der Waals surface area contributed by atoms with Gasteiger partial charge in [-0.2, -0.15) is 18.3 Å². The van der Waals surface area contributed by atoms with Crippen LogP contribution < -0.4 is 10.7 Å². The predicted molar refractivity (Wildman–Crippen MR) is 79.5 cm³/mol. The minimum absolute atomic E-state index is 0.0401. The summed E-state index contributed by atoms with van der Waals surface area (Å²) in [6, 6.07) is 8.63. The molecule has 126 valence electrons. The number of carbonyl (C=O) groups excluding carboxylic acids is 2. The van der Waals surface area contributed by atoms with E-state index < -0.39 is 18.0 Å². The zero-order valence-electron chi connectivity index (χ0n) is 12.3. The molecule has 0 bridgehead atoms. The first-order valence-corrected chi connectivity index (χ1v) is 6.64. The number of nitrogens with zero attached hydrogens (tertiary/aromatic N) is 1. The van der Waals surface area contributed by atoms with Crippen LogP contribution in [0.3, 0.4) is 0 Å². The topological polar surface area (TPSA) is 83.7 Å². The van der Waals surface area contributed by atoms with Gasteiger partial charge >= 0.3 is 18.0 Å². The van der Waals surface area contributed by atoms with Crippen molar-refractivity contribution in [3.05, 3.63) is 54.0 Å². The van der Waals surface area contributed by atoms with Gasteiger partial charge in [-0.15, -0.1) is 0 Å². The van der Waals surface area contributed by atoms with Gasteiger partial charge in [0.25, 0.3) is 0 Å². The molecule has 0 aliphatic rings. The van der Waals surface area contributed by atoms with Crippen LogP contribution in [0.5, 0.6) is 0 Å². The maximum absolute atomic E-state index is 12.2. The molecule has 9 heteroatoms. The second kappa shape index (κ2) is 6.99. The lowest BCUT2D eigenvalue weighted by Gasteiger charge is -2.09. The minimum Gasteiger partial charge on any atom is -0.459 e. The number of amides is 2. The summed E-state index contributed by atoms with van der Waals surface area (Å²) in [6.45, 7) is 1.55. The number of carbonyl (C=O) groups is 2. The van der Waals surface area contributed by atoms with Crippen LogP contribution in [0.25, 0.3) is 0 Å². The van der Waals surface area contributed by atoms with Gasteiger partial charge in [0, 0.05) is 5.69 Å². The Morgan fingerprint density at radius 3 is 2.54 bits per heavy atom. The molecule has 0 aliphatic carbocycles. The third kappa shape index (κ3) is 4.45. The molecule has 2 N–H and O–H groups in total. The van der Waals surface area contributed by atoms with E-state index in [2.05, 4.69) is 10.5 Å². The number of benzene rings is 1. The van der Waals surface area contributed by atoms with Crippen molar-refractivity contribution in [2.45, 2.75) is 13.1 Å². The van der Waals surface area contributed by atoms with Crippen molar-refractivity contribution in [3.63, 3.8) is 0 Å². The maximum atomic E-state index is 12.2. The molecule has 0 saturated heterocycles. The highest BCUT2D eigenvalue weighted by Gasteiger charge is 2.38. The Morgan fingerprint density at radius 2 is 1.92 bits per heavy atom. The van der Waals surface area contributed by atoms with E-state index in [-0.39, 0.29) is 11.4 Å². The summed E-state index contributed by atoms with van der Waals surface area (Å²) in [7, 11) is 0. The van der Waals surface area contributed by atoms with Gasteiger partial charge in [0.15, 0.2) is 5.76 Å². The molecule has 1 aromatic carbocycles. The molecule has 1 heterocycles. The number of anilines is 1. The van der Waals surface area contributed by atoms with E-state index in [4.69, 9.17) is 4.42 Å². The van der Waals surface area contributed by atoms with Crippen LogP contribution in [0, 0.1) is 0 Å². The normalized spacial score (nSPS) is 11.9. The van der Waals surface area contributed by atoms with Gasteiger partial charge in [0.2, 0.25) is 0 Å². The number of halogens is 3. The van der Waals surface area contributed by atoms with E-state index in [1.807, 2.05) is 0 Å². The molecule has 1 aromatic heterocycles. The Labute approximate surface area is 134 Å². The number of furan rings is 1. The zero-order valence-corrected chi connectivity index (χ0v) is 12.3. The number of hydrazone groups is 1. The fourth-order valence-corrected chi connectivity index (χ4v) is 1.69. The quantitative estimate of drug-likeness (QED) is 0.663. The van der Waals surface area contributed by atoms with Crippen LogP contribution >= 0.6 is 0 Å². The molecule has 2 amide bonds. The highest BCUT2D eigenvalue weighted by molar-refractivity contribution is 6.02. The summed E-state index contributed by atoms with van der Waals surface area (Å²) >= 11 is 0. The Kier molecular flexibility index (Phi) is 5.02. The van der Waals surface area contributed by atoms with Crippen LogP contribution in [-0.2, 0) is 4.79 Å². The molecule has 24 heavy (non-hydrogen) atoms. The molecular weight excluding hydrogens is 327 g/mol. The smallest absolute Gasteiger partial charge is 0.459 e. The Hall–Kier alpha value is -3.10. The molecule has 0 unspecified atom stereocenters. The third-order valence-corrected chi connectivity index (χ3v) is 2.87. The maximum Gasteiger partial charge on any atom is 0.471 e. The largest absolute Gasteiger partial charge is 0.471 e. The number of hydrogen-bond acceptors (Lipinski definition) is 4. The second-order valence-corrected chi connectivity index (χ2v) is 4.65. The Balaban J connectivity index is 2.08. The lowest BCUT2D eigenvalue weighted by molar-refractivity contribution is -0.167. The Morgan fingerprint density at radius 1 is 1.17 bits per heavy atom. The molecule has 0 radical (unpaired) electrons. The predicted octanol–water partition coefficient (Wildman–Crippen LogP) is 2.93. The summed E-state index contributed by atoms with van der Waals surface area (Å²) in [5.74, 6) is -2.57. The highest BCUT2D eigenvalue weighted by atomic mass is 19.4. The van der Waals surface area contributed by atoms with Gasteiger partial charge in [-0.3, -0.25) is 9.59 Å². The fourth-order valence-electron chi connectivity index (χ4n) is 1.69. The number of alkyl halides is 3. The van der Waals surface area contributed by atoms with E-state index in [1.54, 1.807) is 18.3 Å². The lowest BCUT2D eigenvalue weighted by Crippen LogP contribution is -2.29.